The second kappa shape index (κ2) is 11.9. The predicted molar refractivity (Wildman–Crippen MR) is 81.2 cm³/mol. The molecule has 0 spiro atoms. The van der Waals surface area contributed by atoms with Crippen molar-refractivity contribution in [3.63, 3.8) is 0 Å². The molecule has 0 aromatic heterocycles. The molecule has 0 aromatic rings. The number of rotatable bonds is 10. The molecule has 26 heavy (non-hydrogen) atoms. The molecule has 2 atom stereocenters. The molecule has 0 heterocycles. The van der Waals surface area contributed by atoms with E-state index in [-0.39, 0.29) is 12.8 Å². The highest BCUT2D eigenvalue weighted by atomic mass is 31.2. The maximum Gasteiger partial charge on any atom is 0.334 e. The van der Waals surface area contributed by atoms with E-state index in [0.29, 0.717) is 0 Å². The van der Waals surface area contributed by atoms with E-state index < -0.39 is 62.0 Å². The molecule has 0 radical (unpaired) electrons. The third-order valence-electron chi connectivity index (χ3n) is 2.35. The van der Waals surface area contributed by atoms with Gasteiger partial charge in [-0.05, 0) is 6.42 Å². The second-order valence-corrected chi connectivity index (χ2v) is 6.40. The molecular weight excluding hydrogens is 383 g/mol. The van der Waals surface area contributed by atoms with Gasteiger partial charge in [0.1, 0.15) is 18.2 Å². The van der Waals surface area contributed by atoms with Crippen molar-refractivity contribution in [2.45, 2.75) is 31.3 Å². The summed E-state index contributed by atoms with van der Waals surface area (Å²) in [4.78, 5) is 68.3. The highest BCUT2D eigenvalue weighted by molar-refractivity contribution is 7.52. The Morgan fingerprint density at radius 3 is 1.73 bits per heavy atom. The number of carboxylic acids is 4. The van der Waals surface area contributed by atoms with Crippen LogP contribution in [0.5, 0.6) is 0 Å². The maximum absolute atomic E-state index is 10.9. The van der Waals surface area contributed by atoms with Gasteiger partial charge in [-0.2, -0.15) is 0 Å². The van der Waals surface area contributed by atoms with E-state index in [4.69, 9.17) is 35.9 Å². The van der Waals surface area contributed by atoms with Crippen LogP contribution in [0.2, 0.25) is 0 Å². The van der Waals surface area contributed by atoms with Crippen molar-refractivity contribution in [2.75, 3.05) is 6.16 Å². The lowest BCUT2D eigenvalue weighted by Gasteiger charge is -2.12. The van der Waals surface area contributed by atoms with Crippen molar-refractivity contribution in [1.82, 2.24) is 5.32 Å². The monoisotopic (exact) mass is 402 g/mol. The van der Waals surface area contributed by atoms with E-state index in [1.807, 2.05) is 0 Å². The minimum atomic E-state index is -4.59. The molecule has 0 aromatic carbocycles. The van der Waals surface area contributed by atoms with Gasteiger partial charge in [0.15, 0.2) is 0 Å². The number of amides is 1. The van der Waals surface area contributed by atoms with E-state index in [0.717, 1.165) is 0 Å². The number of carbonyl (C=O) groups excluding carboxylic acids is 1. The molecule has 150 valence electrons. The molecule has 0 rings (SSSR count). The first kappa shape index (κ1) is 25.7. The summed E-state index contributed by atoms with van der Waals surface area (Å²) in [6.45, 7) is 0. The molecule has 0 saturated carbocycles. The summed E-state index contributed by atoms with van der Waals surface area (Å²) in [6.07, 6.45) is -2.28. The Bertz CT molecular complexity index is 586. The van der Waals surface area contributed by atoms with Crippen LogP contribution in [0.25, 0.3) is 0 Å². The van der Waals surface area contributed by atoms with Crippen LogP contribution in [0.15, 0.2) is 0 Å². The SMILES string of the molecule is N[C@@H](CCC(=O)O)C(=O)O.O=C(O)C[C@H](NC(=O)CP(=O)(O)O)C(=O)O. The van der Waals surface area contributed by atoms with Gasteiger partial charge in [-0.25, -0.2) is 4.79 Å². The summed E-state index contributed by atoms with van der Waals surface area (Å²) in [5.74, 6) is -6.47. The minimum Gasteiger partial charge on any atom is -0.481 e. The smallest absolute Gasteiger partial charge is 0.334 e. The fraction of sp³-hybridized carbons (Fsp3) is 0.545. The molecule has 0 aliphatic carbocycles. The van der Waals surface area contributed by atoms with Gasteiger partial charge < -0.3 is 41.3 Å². The van der Waals surface area contributed by atoms with Crippen LogP contribution < -0.4 is 11.1 Å². The van der Waals surface area contributed by atoms with Crippen LogP contribution in [0, 0.1) is 0 Å². The molecule has 0 aliphatic heterocycles. The number of hydrogen-bond acceptors (Lipinski definition) is 7. The molecule has 14 nitrogen and oxygen atoms in total. The topological polar surface area (TPSA) is 262 Å². The van der Waals surface area contributed by atoms with Gasteiger partial charge in [0, 0.05) is 6.42 Å². The van der Waals surface area contributed by atoms with Crippen LogP contribution in [0.3, 0.4) is 0 Å². The van der Waals surface area contributed by atoms with Crippen molar-refractivity contribution >= 4 is 37.4 Å². The first-order valence-corrected chi connectivity index (χ1v) is 8.44. The van der Waals surface area contributed by atoms with Crippen LogP contribution in [-0.4, -0.2) is 78.2 Å². The normalized spacial score (nSPS) is 12.7. The van der Waals surface area contributed by atoms with E-state index >= 15 is 0 Å². The summed E-state index contributed by atoms with van der Waals surface area (Å²) in [5.41, 5.74) is 5.00. The van der Waals surface area contributed by atoms with Crippen molar-refractivity contribution in [2.24, 2.45) is 5.73 Å². The molecule has 1 amide bonds. The lowest BCUT2D eigenvalue weighted by molar-refractivity contribution is -0.147. The van der Waals surface area contributed by atoms with Crippen LogP contribution in [-0.2, 0) is 28.5 Å². The van der Waals surface area contributed by atoms with Gasteiger partial charge in [-0.1, -0.05) is 0 Å². The summed E-state index contributed by atoms with van der Waals surface area (Å²) in [5, 5.41) is 34.8. The molecule has 0 unspecified atom stereocenters. The fourth-order valence-electron chi connectivity index (χ4n) is 1.20. The van der Waals surface area contributed by atoms with Crippen LogP contribution >= 0.6 is 7.60 Å². The summed E-state index contributed by atoms with van der Waals surface area (Å²) in [7, 11) is -4.59. The number of hydrogen-bond donors (Lipinski definition) is 8. The average molecular weight is 402 g/mol. The Kier molecular flexibility index (Phi) is 11.8. The van der Waals surface area contributed by atoms with Gasteiger partial charge >= 0.3 is 31.5 Å². The zero-order chi connectivity index (χ0) is 21.1. The lowest BCUT2D eigenvalue weighted by atomic mass is 10.2. The lowest BCUT2D eigenvalue weighted by Crippen LogP contribution is -2.43. The number of carboxylic acid groups (broad SMARTS) is 4. The highest BCUT2D eigenvalue weighted by Crippen LogP contribution is 2.33. The third kappa shape index (κ3) is 16.3. The first-order valence-electron chi connectivity index (χ1n) is 6.64. The van der Waals surface area contributed by atoms with Crippen LogP contribution in [0.1, 0.15) is 19.3 Å². The Hall–Kier alpha value is -2.54. The zero-order valence-corrected chi connectivity index (χ0v) is 14.0. The van der Waals surface area contributed by atoms with Crippen molar-refractivity contribution < 1.29 is 58.8 Å². The molecule has 0 fully saturated rings. The predicted octanol–water partition coefficient (Wildman–Crippen LogP) is -2.53. The number of nitrogens with two attached hydrogens (primary N) is 1. The third-order valence-corrected chi connectivity index (χ3v) is 3.05. The maximum atomic E-state index is 10.9. The van der Waals surface area contributed by atoms with Gasteiger partial charge in [-0.3, -0.25) is 23.7 Å². The average Bonchev–Trinajstić information content (AvgIpc) is 2.41. The van der Waals surface area contributed by atoms with Crippen molar-refractivity contribution in [1.29, 1.82) is 0 Å². The molecule has 15 heteroatoms. The molecule has 9 N–H and O–H groups in total. The molecular formula is C11H19N2O12P. The molecule has 0 aliphatic rings. The summed E-state index contributed by atoms with van der Waals surface area (Å²) in [6, 6.07) is -2.77. The summed E-state index contributed by atoms with van der Waals surface area (Å²) >= 11 is 0. The van der Waals surface area contributed by atoms with Gasteiger partial charge in [0.25, 0.3) is 0 Å². The number of carbonyl (C=O) groups is 5. The fourth-order valence-corrected chi connectivity index (χ4v) is 1.67. The minimum absolute atomic E-state index is 0.0231. The van der Waals surface area contributed by atoms with E-state index in [9.17, 15) is 28.5 Å². The van der Waals surface area contributed by atoms with Crippen LogP contribution in [0.4, 0.5) is 0 Å². The standard InChI is InChI=1S/C6H10NO8P.C5H9NO4/c8-4(2-16(13,14)15)7-3(6(11)12)1-5(9)10;6-3(5(9)10)1-2-4(7)8/h3H,1-2H2,(H,7,8)(H,9,10)(H,11,12)(H2,13,14,15);3H,1-2,6H2,(H,7,8)(H,9,10)/t2*3-/m00/s1. The number of aliphatic carboxylic acids is 4. The Morgan fingerprint density at radius 1 is 0.923 bits per heavy atom. The largest absolute Gasteiger partial charge is 0.481 e. The van der Waals surface area contributed by atoms with Crippen molar-refractivity contribution in [3.8, 4) is 0 Å². The highest BCUT2D eigenvalue weighted by Gasteiger charge is 2.26. The van der Waals surface area contributed by atoms with Gasteiger partial charge in [0.2, 0.25) is 5.91 Å². The second-order valence-electron chi connectivity index (χ2n) is 4.76. The summed E-state index contributed by atoms with van der Waals surface area (Å²) < 4.78 is 10.4. The zero-order valence-electron chi connectivity index (χ0n) is 13.1. The van der Waals surface area contributed by atoms with Crippen molar-refractivity contribution in [3.05, 3.63) is 0 Å². The van der Waals surface area contributed by atoms with E-state index in [1.54, 1.807) is 5.32 Å². The Balaban J connectivity index is 0. The van der Waals surface area contributed by atoms with Gasteiger partial charge in [0.05, 0.1) is 6.42 Å². The number of nitrogens with one attached hydrogen (secondary N) is 1. The van der Waals surface area contributed by atoms with Gasteiger partial charge in [-0.15, -0.1) is 0 Å². The molecule has 0 saturated heterocycles. The Labute approximate surface area is 145 Å². The Morgan fingerprint density at radius 2 is 1.42 bits per heavy atom. The van der Waals surface area contributed by atoms with E-state index in [1.165, 1.54) is 0 Å². The van der Waals surface area contributed by atoms with E-state index in [2.05, 4.69) is 0 Å². The molecule has 0 bridgehead atoms. The quantitative estimate of drug-likeness (QED) is 0.175. The first-order chi connectivity index (χ1) is 11.7.